The number of benzene rings is 2. The molecule has 1 unspecified atom stereocenters. The first kappa shape index (κ1) is 25.5. The summed E-state index contributed by atoms with van der Waals surface area (Å²) in [7, 11) is -5.11. The van der Waals surface area contributed by atoms with Crippen LogP contribution in [0.15, 0.2) is 48.5 Å². The van der Waals surface area contributed by atoms with Crippen molar-refractivity contribution in [3.8, 4) is 11.1 Å². The van der Waals surface area contributed by atoms with Crippen LogP contribution >= 0.6 is 0 Å². The van der Waals surface area contributed by atoms with Crippen LogP contribution in [0.25, 0.3) is 11.1 Å². The molecule has 190 valence electrons. The Balaban J connectivity index is 1.74. The minimum atomic E-state index is -5.11. The van der Waals surface area contributed by atoms with Gasteiger partial charge in [0.1, 0.15) is 5.82 Å². The number of carbonyl (C=O) groups is 1. The second-order valence-electron chi connectivity index (χ2n) is 8.93. The minimum absolute atomic E-state index is 0.0413. The quantitative estimate of drug-likeness (QED) is 0.526. The summed E-state index contributed by atoms with van der Waals surface area (Å²) in [5.74, 6) is -5.80. The lowest BCUT2D eigenvalue weighted by Crippen LogP contribution is -2.53. The summed E-state index contributed by atoms with van der Waals surface area (Å²) >= 11 is 0. The molecule has 6 nitrogen and oxygen atoms in total. The summed E-state index contributed by atoms with van der Waals surface area (Å²) in [5, 5.41) is 9.71. The normalized spacial score (nSPS) is 22.2. The van der Waals surface area contributed by atoms with Crippen LogP contribution in [0.2, 0.25) is 0 Å². The van der Waals surface area contributed by atoms with E-state index in [4.69, 9.17) is 0 Å². The van der Waals surface area contributed by atoms with Gasteiger partial charge in [0.05, 0.1) is 6.04 Å². The smallest absolute Gasteiger partial charge is 0.350 e. The molecule has 3 atom stereocenters. The SMILES string of the molecule is O=C(C(O)C(F)F)N1CC2(CC2)[C@H](NS(=O)(=O)C(F)F)[C@@H]1Cc1cccc(-c2ccccc2)c1F. The molecule has 12 heteroatoms. The Morgan fingerprint density at radius 1 is 1.09 bits per heavy atom. The predicted molar refractivity (Wildman–Crippen MR) is 117 cm³/mol. The summed E-state index contributed by atoms with van der Waals surface area (Å²) in [4.78, 5) is 13.6. The number of amides is 1. The number of hydrogen-bond acceptors (Lipinski definition) is 4. The summed E-state index contributed by atoms with van der Waals surface area (Å²) in [5.41, 5.74) is -0.150. The van der Waals surface area contributed by atoms with Gasteiger partial charge in [-0.1, -0.05) is 48.5 Å². The van der Waals surface area contributed by atoms with Crippen molar-refractivity contribution >= 4 is 15.9 Å². The van der Waals surface area contributed by atoms with E-state index in [9.17, 15) is 35.9 Å². The standard InChI is InChI=1S/C23H23F5N2O4S/c24-17-14(7-4-8-15(17)13-5-2-1-3-6-13)11-16-19(29-35(33,34)22(27)28)23(9-10-23)12-30(16)21(32)18(31)20(25)26/h1-8,16,18-20,22,29,31H,9-12H2/t16-,18?,19+/m0/s1. The zero-order valence-electron chi connectivity index (χ0n) is 18.3. The molecule has 1 saturated heterocycles. The van der Waals surface area contributed by atoms with E-state index >= 15 is 4.39 Å². The zero-order valence-corrected chi connectivity index (χ0v) is 19.1. The maximum absolute atomic E-state index is 15.5. The van der Waals surface area contributed by atoms with Gasteiger partial charge in [0, 0.05) is 23.6 Å². The number of aliphatic hydroxyl groups excluding tert-OH is 1. The van der Waals surface area contributed by atoms with Crippen LogP contribution in [0.1, 0.15) is 18.4 Å². The van der Waals surface area contributed by atoms with Crippen molar-refractivity contribution in [1.29, 1.82) is 0 Å². The third-order valence-electron chi connectivity index (χ3n) is 6.72. The van der Waals surface area contributed by atoms with Crippen molar-refractivity contribution in [2.24, 2.45) is 5.41 Å². The van der Waals surface area contributed by atoms with Crippen LogP contribution < -0.4 is 4.72 Å². The molecule has 2 aromatic rings. The Bertz CT molecular complexity index is 1190. The van der Waals surface area contributed by atoms with E-state index < -0.39 is 57.5 Å². The fourth-order valence-electron chi connectivity index (χ4n) is 4.76. The van der Waals surface area contributed by atoms with Crippen LogP contribution in [-0.4, -0.2) is 61.2 Å². The van der Waals surface area contributed by atoms with Gasteiger partial charge in [-0.2, -0.15) is 8.78 Å². The molecule has 1 spiro atoms. The molecular weight excluding hydrogens is 495 g/mol. The van der Waals surface area contributed by atoms with Gasteiger partial charge in [0.2, 0.25) is 0 Å². The molecule has 35 heavy (non-hydrogen) atoms. The maximum atomic E-state index is 15.5. The molecule has 1 aliphatic heterocycles. The van der Waals surface area contributed by atoms with Gasteiger partial charge >= 0.3 is 5.76 Å². The van der Waals surface area contributed by atoms with Crippen LogP contribution in [0, 0.1) is 11.2 Å². The first-order valence-corrected chi connectivity index (χ1v) is 12.4. The summed E-state index contributed by atoms with van der Waals surface area (Å²) in [6, 6.07) is 10.4. The van der Waals surface area contributed by atoms with Crippen LogP contribution in [0.5, 0.6) is 0 Å². The molecule has 2 aromatic carbocycles. The number of alkyl halides is 4. The van der Waals surface area contributed by atoms with Crippen LogP contribution in [0.4, 0.5) is 22.0 Å². The molecule has 0 radical (unpaired) electrons. The van der Waals surface area contributed by atoms with E-state index in [1.54, 1.807) is 36.4 Å². The second kappa shape index (κ2) is 9.47. The van der Waals surface area contributed by atoms with Crippen molar-refractivity contribution in [3.63, 3.8) is 0 Å². The number of rotatable bonds is 8. The Labute approximate surface area is 198 Å². The van der Waals surface area contributed by atoms with Crippen molar-refractivity contribution in [2.75, 3.05) is 6.54 Å². The molecule has 1 amide bonds. The van der Waals surface area contributed by atoms with Gasteiger partial charge in [-0.15, -0.1) is 0 Å². The van der Waals surface area contributed by atoms with E-state index in [0.717, 1.165) is 4.90 Å². The van der Waals surface area contributed by atoms with Crippen molar-refractivity contribution in [3.05, 3.63) is 59.9 Å². The van der Waals surface area contributed by atoms with Crippen LogP contribution in [0.3, 0.4) is 0 Å². The van der Waals surface area contributed by atoms with Gasteiger partial charge in [0.15, 0.2) is 6.10 Å². The molecule has 2 aliphatic rings. The molecule has 2 fully saturated rings. The minimum Gasteiger partial charge on any atom is -0.378 e. The molecule has 0 bridgehead atoms. The Kier molecular flexibility index (Phi) is 6.91. The number of sulfonamides is 1. The van der Waals surface area contributed by atoms with Crippen molar-refractivity contribution < 1.29 is 40.3 Å². The molecule has 0 aromatic heterocycles. The van der Waals surface area contributed by atoms with Gasteiger partial charge in [-0.25, -0.2) is 26.3 Å². The van der Waals surface area contributed by atoms with E-state index in [-0.39, 0.29) is 24.1 Å². The van der Waals surface area contributed by atoms with E-state index in [1.165, 1.54) is 12.1 Å². The molecule has 1 aliphatic carbocycles. The Hall–Kier alpha value is -2.57. The highest BCUT2D eigenvalue weighted by atomic mass is 32.2. The Morgan fingerprint density at radius 2 is 1.74 bits per heavy atom. The van der Waals surface area contributed by atoms with E-state index in [0.29, 0.717) is 18.4 Å². The van der Waals surface area contributed by atoms with E-state index in [2.05, 4.69) is 0 Å². The second-order valence-corrected chi connectivity index (χ2v) is 10.6. The Morgan fingerprint density at radius 3 is 2.31 bits per heavy atom. The van der Waals surface area contributed by atoms with Gasteiger partial charge in [0.25, 0.3) is 22.4 Å². The number of halogens is 5. The molecular formula is C23H23F5N2O4S. The lowest BCUT2D eigenvalue weighted by molar-refractivity contribution is -0.149. The highest BCUT2D eigenvalue weighted by Crippen LogP contribution is 2.56. The molecule has 4 rings (SSSR count). The fourth-order valence-corrected chi connectivity index (χ4v) is 5.62. The van der Waals surface area contributed by atoms with Crippen molar-refractivity contribution in [1.82, 2.24) is 9.62 Å². The van der Waals surface area contributed by atoms with Crippen molar-refractivity contribution in [2.45, 2.75) is 49.6 Å². The number of nitrogens with one attached hydrogen (secondary N) is 1. The summed E-state index contributed by atoms with van der Waals surface area (Å²) < 4.78 is 94.0. The number of likely N-dealkylation sites (tertiary alicyclic amines) is 1. The van der Waals surface area contributed by atoms with Gasteiger partial charge in [-0.05, 0) is 30.4 Å². The topological polar surface area (TPSA) is 86.7 Å². The lowest BCUT2D eigenvalue weighted by atomic mass is 9.91. The zero-order chi connectivity index (χ0) is 25.5. The third kappa shape index (κ3) is 4.91. The largest absolute Gasteiger partial charge is 0.378 e. The highest BCUT2D eigenvalue weighted by Gasteiger charge is 2.62. The molecule has 1 heterocycles. The number of aliphatic hydroxyl groups is 1. The summed E-state index contributed by atoms with van der Waals surface area (Å²) in [6.07, 6.45) is -5.73. The first-order valence-electron chi connectivity index (χ1n) is 10.9. The summed E-state index contributed by atoms with van der Waals surface area (Å²) in [6.45, 7) is -0.225. The number of carbonyl (C=O) groups excluding carboxylic acids is 1. The number of nitrogens with zero attached hydrogens (tertiary/aromatic N) is 1. The number of hydrogen-bond donors (Lipinski definition) is 2. The van der Waals surface area contributed by atoms with E-state index in [1.807, 2.05) is 4.72 Å². The average molecular weight is 519 g/mol. The lowest BCUT2D eigenvalue weighted by Gasteiger charge is -2.30. The highest BCUT2D eigenvalue weighted by molar-refractivity contribution is 7.89. The fraction of sp³-hybridized carbons (Fsp3) is 0.435. The van der Waals surface area contributed by atoms with Gasteiger partial charge < -0.3 is 10.0 Å². The average Bonchev–Trinajstić information content (AvgIpc) is 3.55. The first-order chi connectivity index (χ1) is 16.5. The maximum Gasteiger partial charge on any atom is 0.350 e. The van der Waals surface area contributed by atoms with Gasteiger partial charge in [-0.3, -0.25) is 4.79 Å². The third-order valence-corrected chi connectivity index (χ3v) is 7.77. The molecule has 1 saturated carbocycles. The monoisotopic (exact) mass is 518 g/mol. The molecule has 2 N–H and O–H groups in total. The van der Waals surface area contributed by atoms with Crippen LogP contribution in [-0.2, 0) is 21.2 Å². The predicted octanol–water partition coefficient (Wildman–Crippen LogP) is 3.16.